The highest BCUT2D eigenvalue weighted by Crippen LogP contribution is 2.28. The highest BCUT2D eigenvalue weighted by Gasteiger charge is 2.16. The van der Waals surface area contributed by atoms with Crippen LogP contribution in [-0.2, 0) is 6.42 Å². The predicted molar refractivity (Wildman–Crippen MR) is 107 cm³/mol. The predicted octanol–water partition coefficient (Wildman–Crippen LogP) is 4.75. The maximum Gasteiger partial charge on any atom is 0.274 e. The lowest BCUT2D eigenvalue weighted by Crippen LogP contribution is -2.13. The maximum absolute atomic E-state index is 14.0. The lowest BCUT2D eigenvalue weighted by Gasteiger charge is -2.09. The second-order valence-corrected chi connectivity index (χ2v) is 6.30. The van der Waals surface area contributed by atoms with Crippen molar-refractivity contribution < 1.29 is 13.7 Å². The second-order valence-electron chi connectivity index (χ2n) is 6.30. The fourth-order valence-electron chi connectivity index (χ4n) is 2.95. The normalized spacial score (nSPS) is 10.7. The van der Waals surface area contributed by atoms with E-state index in [0.29, 0.717) is 23.6 Å². The third kappa shape index (κ3) is 3.89. The van der Waals surface area contributed by atoms with Gasteiger partial charge in [-0.3, -0.25) is 9.78 Å². The van der Waals surface area contributed by atoms with Crippen LogP contribution >= 0.6 is 0 Å². The molecule has 0 aliphatic heterocycles. The molecule has 7 heteroatoms. The van der Waals surface area contributed by atoms with Crippen LogP contribution in [0.1, 0.15) is 23.0 Å². The molecule has 6 nitrogen and oxygen atoms in total. The monoisotopic (exact) mass is 388 g/mol. The van der Waals surface area contributed by atoms with Gasteiger partial charge in [0, 0.05) is 17.4 Å². The number of nitrogens with zero attached hydrogens (tertiary/aromatic N) is 3. The number of anilines is 1. The zero-order valence-corrected chi connectivity index (χ0v) is 15.6. The molecule has 0 bridgehead atoms. The lowest BCUT2D eigenvalue weighted by molar-refractivity contribution is 0.102. The Morgan fingerprint density at radius 3 is 2.66 bits per heavy atom. The van der Waals surface area contributed by atoms with Crippen LogP contribution in [0.25, 0.3) is 22.8 Å². The van der Waals surface area contributed by atoms with E-state index in [0.717, 1.165) is 11.1 Å². The largest absolute Gasteiger partial charge is 0.334 e. The molecule has 4 rings (SSSR count). The molecule has 0 aliphatic carbocycles. The summed E-state index contributed by atoms with van der Waals surface area (Å²) in [5.74, 6) is -0.233. The summed E-state index contributed by atoms with van der Waals surface area (Å²) in [4.78, 5) is 20.7. The first-order valence-corrected chi connectivity index (χ1v) is 9.10. The summed E-state index contributed by atoms with van der Waals surface area (Å²) in [6, 6.07) is 16.8. The Morgan fingerprint density at radius 1 is 1.07 bits per heavy atom. The van der Waals surface area contributed by atoms with Crippen molar-refractivity contribution >= 4 is 11.6 Å². The van der Waals surface area contributed by atoms with Crippen LogP contribution in [0.5, 0.6) is 0 Å². The van der Waals surface area contributed by atoms with E-state index in [1.807, 2.05) is 19.1 Å². The molecule has 0 atom stereocenters. The summed E-state index contributed by atoms with van der Waals surface area (Å²) in [6.07, 6.45) is 2.26. The molecule has 0 spiro atoms. The molecule has 0 radical (unpaired) electrons. The van der Waals surface area contributed by atoms with Gasteiger partial charge in [0.1, 0.15) is 11.5 Å². The Hall–Kier alpha value is -3.87. The summed E-state index contributed by atoms with van der Waals surface area (Å²) in [7, 11) is 0. The molecule has 0 aliphatic rings. The number of carbonyl (C=O) groups is 1. The van der Waals surface area contributed by atoms with Gasteiger partial charge in [0.05, 0.1) is 5.56 Å². The van der Waals surface area contributed by atoms with Crippen LogP contribution in [0.4, 0.5) is 10.1 Å². The van der Waals surface area contributed by atoms with Gasteiger partial charge in [0.15, 0.2) is 0 Å². The van der Waals surface area contributed by atoms with E-state index in [9.17, 15) is 9.18 Å². The number of benzene rings is 2. The molecule has 0 saturated carbocycles. The SMILES string of the molecule is CCc1cc(NC(=O)c2ccccn2)ccc1-c1noc(-c2ccccc2F)n1. The van der Waals surface area contributed by atoms with Crippen LogP contribution in [0, 0.1) is 5.82 Å². The molecule has 1 N–H and O–H groups in total. The van der Waals surface area contributed by atoms with Crippen LogP contribution < -0.4 is 5.32 Å². The van der Waals surface area contributed by atoms with E-state index in [1.165, 1.54) is 6.07 Å². The molecule has 29 heavy (non-hydrogen) atoms. The first-order chi connectivity index (χ1) is 14.2. The highest BCUT2D eigenvalue weighted by atomic mass is 19.1. The number of carbonyl (C=O) groups excluding carboxylic acids is 1. The third-order valence-corrected chi connectivity index (χ3v) is 4.41. The molecule has 0 unspecified atom stereocenters. The number of hydrogen-bond donors (Lipinski definition) is 1. The van der Waals surface area contributed by atoms with Gasteiger partial charge in [-0.2, -0.15) is 4.98 Å². The van der Waals surface area contributed by atoms with E-state index in [2.05, 4.69) is 20.4 Å². The van der Waals surface area contributed by atoms with Crippen molar-refractivity contribution in [1.82, 2.24) is 15.1 Å². The van der Waals surface area contributed by atoms with Crippen molar-refractivity contribution in [2.75, 3.05) is 5.32 Å². The van der Waals surface area contributed by atoms with Gasteiger partial charge in [-0.25, -0.2) is 4.39 Å². The van der Waals surface area contributed by atoms with Gasteiger partial charge < -0.3 is 9.84 Å². The smallest absolute Gasteiger partial charge is 0.274 e. The Balaban J connectivity index is 1.61. The number of rotatable bonds is 5. The standard InChI is InChI=1S/C22H17FN4O2/c1-2-14-13-15(25-21(28)19-9-5-6-12-24-19)10-11-16(14)20-26-22(29-27-20)17-7-3-4-8-18(17)23/h3-13H,2H2,1H3,(H,25,28). The summed E-state index contributed by atoms with van der Waals surface area (Å²) in [5, 5.41) is 6.84. The minimum Gasteiger partial charge on any atom is -0.334 e. The van der Waals surface area contributed by atoms with Crippen LogP contribution in [0.2, 0.25) is 0 Å². The van der Waals surface area contributed by atoms with Gasteiger partial charge in [-0.1, -0.05) is 30.3 Å². The lowest BCUT2D eigenvalue weighted by atomic mass is 10.0. The Labute approximate surface area is 166 Å². The summed E-state index contributed by atoms with van der Waals surface area (Å²) in [5.41, 5.74) is 2.91. The van der Waals surface area contributed by atoms with Crippen molar-refractivity contribution in [2.24, 2.45) is 0 Å². The van der Waals surface area contributed by atoms with Gasteiger partial charge in [-0.05, 0) is 54.4 Å². The first-order valence-electron chi connectivity index (χ1n) is 9.10. The van der Waals surface area contributed by atoms with Gasteiger partial charge >= 0.3 is 0 Å². The van der Waals surface area contributed by atoms with Crippen molar-refractivity contribution in [3.8, 4) is 22.8 Å². The zero-order chi connectivity index (χ0) is 20.2. The Kier molecular flexibility index (Phi) is 5.11. The number of nitrogens with one attached hydrogen (secondary N) is 1. The summed E-state index contributed by atoms with van der Waals surface area (Å²) >= 11 is 0. The van der Waals surface area contributed by atoms with Crippen LogP contribution in [-0.4, -0.2) is 21.0 Å². The van der Waals surface area contributed by atoms with Gasteiger partial charge in [0.25, 0.3) is 11.8 Å². The zero-order valence-electron chi connectivity index (χ0n) is 15.6. The van der Waals surface area contributed by atoms with E-state index in [-0.39, 0.29) is 17.4 Å². The van der Waals surface area contributed by atoms with E-state index in [1.54, 1.807) is 48.7 Å². The molecule has 0 fully saturated rings. The van der Waals surface area contributed by atoms with Crippen molar-refractivity contribution in [2.45, 2.75) is 13.3 Å². The van der Waals surface area contributed by atoms with E-state index in [4.69, 9.17) is 4.52 Å². The minimum absolute atomic E-state index is 0.118. The van der Waals surface area contributed by atoms with Crippen molar-refractivity contribution in [1.29, 1.82) is 0 Å². The van der Waals surface area contributed by atoms with Crippen molar-refractivity contribution in [3.63, 3.8) is 0 Å². The first kappa shape index (κ1) is 18.5. The van der Waals surface area contributed by atoms with E-state index >= 15 is 0 Å². The summed E-state index contributed by atoms with van der Waals surface area (Å²) < 4.78 is 19.2. The molecule has 144 valence electrons. The number of amides is 1. The molecular formula is C22H17FN4O2. The number of hydrogen-bond acceptors (Lipinski definition) is 5. The minimum atomic E-state index is -0.425. The number of aryl methyl sites for hydroxylation is 1. The average molecular weight is 388 g/mol. The van der Waals surface area contributed by atoms with Crippen molar-refractivity contribution in [3.05, 3.63) is 83.9 Å². The Bertz CT molecular complexity index is 1160. The Morgan fingerprint density at radius 2 is 1.90 bits per heavy atom. The number of pyridine rings is 1. The molecule has 2 aromatic carbocycles. The molecule has 2 heterocycles. The second kappa shape index (κ2) is 8.02. The highest BCUT2D eigenvalue weighted by molar-refractivity contribution is 6.03. The van der Waals surface area contributed by atoms with Crippen LogP contribution in [0.15, 0.2) is 71.4 Å². The topological polar surface area (TPSA) is 80.9 Å². The average Bonchev–Trinajstić information content (AvgIpc) is 3.24. The van der Waals surface area contributed by atoms with Gasteiger partial charge in [0.2, 0.25) is 5.82 Å². The third-order valence-electron chi connectivity index (χ3n) is 4.41. The fourth-order valence-corrected chi connectivity index (χ4v) is 2.95. The number of halogens is 1. The molecule has 4 aromatic rings. The fraction of sp³-hybridized carbons (Fsp3) is 0.0909. The van der Waals surface area contributed by atoms with E-state index < -0.39 is 5.82 Å². The quantitative estimate of drug-likeness (QED) is 0.533. The molecule has 0 saturated heterocycles. The molecular weight excluding hydrogens is 371 g/mol. The molecule has 2 aromatic heterocycles. The number of aromatic nitrogens is 3. The maximum atomic E-state index is 14.0. The summed E-state index contributed by atoms with van der Waals surface area (Å²) in [6.45, 7) is 1.99. The van der Waals surface area contributed by atoms with Gasteiger partial charge in [-0.15, -0.1) is 0 Å². The van der Waals surface area contributed by atoms with Crippen LogP contribution in [0.3, 0.4) is 0 Å². The molecule has 1 amide bonds.